The van der Waals surface area contributed by atoms with Gasteiger partial charge in [-0.2, -0.15) is 0 Å². The highest BCUT2D eigenvalue weighted by atomic mass is 32.2. The van der Waals surface area contributed by atoms with E-state index in [9.17, 15) is 18.0 Å². The number of hydrogen-bond acceptors (Lipinski definition) is 4. The lowest BCUT2D eigenvalue weighted by Crippen LogP contribution is -2.44. The molecule has 0 spiro atoms. The minimum Gasteiger partial charge on any atom is -0.481 e. The van der Waals surface area contributed by atoms with E-state index in [0.717, 1.165) is 24.8 Å². The zero-order valence-electron chi connectivity index (χ0n) is 15.0. The van der Waals surface area contributed by atoms with Gasteiger partial charge in [0.15, 0.2) is 0 Å². The van der Waals surface area contributed by atoms with Crippen LogP contribution in [0, 0.1) is 0 Å². The lowest BCUT2D eigenvalue weighted by Gasteiger charge is -2.35. The quantitative estimate of drug-likeness (QED) is 0.715. The fourth-order valence-electron chi connectivity index (χ4n) is 3.08. The van der Waals surface area contributed by atoms with Gasteiger partial charge in [0.1, 0.15) is 0 Å². The number of sulfonamides is 1. The van der Waals surface area contributed by atoms with Gasteiger partial charge in [-0.05, 0) is 50.3 Å². The van der Waals surface area contributed by atoms with Crippen LogP contribution in [0.5, 0.6) is 0 Å². The summed E-state index contributed by atoms with van der Waals surface area (Å²) >= 11 is 0. The van der Waals surface area contributed by atoms with Gasteiger partial charge in [-0.15, -0.1) is 0 Å². The monoisotopic (exact) mass is 382 g/mol. The molecule has 1 amide bonds. The predicted octanol–water partition coefficient (Wildman–Crippen LogP) is 1.99. The molecule has 1 unspecified atom stereocenters. The molecule has 0 aliphatic carbocycles. The number of amides is 1. The van der Waals surface area contributed by atoms with Crippen LogP contribution in [0.4, 0.5) is 0 Å². The van der Waals surface area contributed by atoms with E-state index in [1.807, 2.05) is 0 Å². The van der Waals surface area contributed by atoms with Crippen molar-refractivity contribution in [1.29, 1.82) is 0 Å². The van der Waals surface area contributed by atoms with Crippen molar-refractivity contribution in [2.75, 3.05) is 12.3 Å². The van der Waals surface area contributed by atoms with E-state index < -0.39 is 16.0 Å². The normalized spacial score (nSPS) is 17.9. The summed E-state index contributed by atoms with van der Waals surface area (Å²) in [5.74, 6) is -0.918. The molecule has 8 heteroatoms. The molecule has 144 valence electrons. The maximum Gasteiger partial charge on any atom is 0.303 e. The van der Waals surface area contributed by atoms with Gasteiger partial charge >= 0.3 is 5.97 Å². The van der Waals surface area contributed by atoms with Gasteiger partial charge in [0, 0.05) is 31.1 Å². The zero-order chi connectivity index (χ0) is 19.2. The Morgan fingerprint density at radius 3 is 2.54 bits per heavy atom. The first-order valence-corrected chi connectivity index (χ1v) is 10.6. The molecule has 1 aliphatic rings. The molecule has 0 radical (unpaired) electrons. The van der Waals surface area contributed by atoms with Crippen molar-refractivity contribution < 1.29 is 23.1 Å². The van der Waals surface area contributed by atoms with Gasteiger partial charge in [-0.25, -0.2) is 13.1 Å². The van der Waals surface area contributed by atoms with E-state index in [2.05, 4.69) is 4.72 Å². The highest BCUT2D eigenvalue weighted by Crippen LogP contribution is 2.23. The van der Waals surface area contributed by atoms with Gasteiger partial charge < -0.3 is 10.0 Å². The molecule has 1 heterocycles. The summed E-state index contributed by atoms with van der Waals surface area (Å²) in [5.41, 5.74) is 1.31. The lowest BCUT2D eigenvalue weighted by molar-refractivity contribution is -0.137. The molecule has 0 bridgehead atoms. The van der Waals surface area contributed by atoms with Gasteiger partial charge in [-0.3, -0.25) is 9.59 Å². The number of carboxylic acids is 1. The molecular formula is C18H26N2O5S. The number of carbonyl (C=O) groups excluding carboxylic acids is 1. The number of nitrogens with zero attached hydrogens (tertiary/aromatic N) is 1. The highest BCUT2D eigenvalue weighted by Gasteiger charge is 2.27. The van der Waals surface area contributed by atoms with E-state index in [1.54, 1.807) is 36.1 Å². The molecule has 1 fully saturated rings. The summed E-state index contributed by atoms with van der Waals surface area (Å²) in [6.45, 7) is 2.40. The molecular weight excluding hydrogens is 356 g/mol. The number of rotatable bonds is 8. The lowest BCUT2D eigenvalue weighted by atomic mass is 9.96. The maximum atomic E-state index is 12.8. The molecule has 1 atom stereocenters. The summed E-state index contributed by atoms with van der Waals surface area (Å²) in [6.07, 6.45) is 3.29. The molecule has 2 rings (SSSR count). The van der Waals surface area contributed by atoms with E-state index >= 15 is 0 Å². The predicted molar refractivity (Wildman–Crippen MR) is 98.3 cm³/mol. The third-order valence-electron chi connectivity index (χ3n) is 4.66. The minimum absolute atomic E-state index is 0.0241. The second-order valence-electron chi connectivity index (χ2n) is 6.50. The number of nitrogens with one attached hydrogen (secondary N) is 1. The molecule has 7 nitrogen and oxygen atoms in total. The molecule has 1 aromatic rings. The second-order valence-corrected chi connectivity index (χ2v) is 8.60. The molecule has 2 N–H and O–H groups in total. The second kappa shape index (κ2) is 9.14. The standard InChI is InChI=1S/C18H26N2O5S/c1-2-26(24,25)19-13-14-6-8-15(9-7-14)18(23)20-12-4-3-5-16(20)10-11-17(21)22/h6-9,16,19H,2-5,10-13H2,1H3,(H,21,22). The average Bonchev–Trinajstić information content (AvgIpc) is 2.65. The Balaban J connectivity index is 2.02. The number of aliphatic carboxylic acids is 1. The van der Waals surface area contributed by atoms with E-state index in [1.165, 1.54) is 0 Å². The topological polar surface area (TPSA) is 104 Å². The van der Waals surface area contributed by atoms with Crippen molar-refractivity contribution in [3.8, 4) is 0 Å². The van der Waals surface area contributed by atoms with Crippen LogP contribution in [-0.4, -0.2) is 48.6 Å². The van der Waals surface area contributed by atoms with Crippen molar-refractivity contribution in [3.63, 3.8) is 0 Å². The van der Waals surface area contributed by atoms with Crippen molar-refractivity contribution >= 4 is 21.9 Å². The molecule has 1 saturated heterocycles. The summed E-state index contributed by atoms with van der Waals surface area (Å²) in [7, 11) is -3.26. The molecule has 0 saturated carbocycles. The fraction of sp³-hybridized carbons (Fsp3) is 0.556. The molecule has 1 aromatic carbocycles. The van der Waals surface area contributed by atoms with Gasteiger partial charge in [-0.1, -0.05) is 12.1 Å². The SMILES string of the molecule is CCS(=O)(=O)NCc1ccc(C(=O)N2CCCCC2CCC(=O)O)cc1. The number of likely N-dealkylation sites (tertiary alicyclic amines) is 1. The number of benzene rings is 1. The van der Waals surface area contributed by atoms with Crippen LogP contribution in [0.15, 0.2) is 24.3 Å². The maximum absolute atomic E-state index is 12.8. The number of piperidine rings is 1. The zero-order valence-corrected chi connectivity index (χ0v) is 15.8. The number of carbonyl (C=O) groups is 2. The van der Waals surface area contributed by atoms with Crippen LogP contribution in [0.25, 0.3) is 0 Å². The minimum atomic E-state index is -3.26. The molecule has 0 aromatic heterocycles. The Morgan fingerprint density at radius 2 is 1.92 bits per heavy atom. The van der Waals surface area contributed by atoms with Crippen molar-refractivity contribution in [2.24, 2.45) is 0 Å². The highest BCUT2D eigenvalue weighted by molar-refractivity contribution is 7.89. The van der Waals surface area contributed by atoms with Crippen LogP contribution in [0.1, 0.15) is 54.9 Å². The van der Waals surface area contributed by atoms with Crippen LogP contribution in [-0.2, 0) is 21.4 Å². The Kier molecular flexibility index (Phi) is 7.16. The van der Waals surface area contributed by atoms with Crippen LogP contribution in [0.3, 0.4) is 0 Å². The first-order chi connectivity index (χ1) is 12.3. The Hall–Kier alpha value is -1.93. The smallest absolute Gasteiger partial charge is 0.303 e. The first kappa shape index (κ1) is 20.4. The molecule has 1 aliphatic heterocycles. The Bertz CT molecular complexity index is 730. The third-order valence-corrected chi connectivity index (χ3v) is 6.00. The van der Waals surface area contributed by atoms with Crippen LogP contribution >= 0.6 is 0 Å². The summed E-state index contributed by atoms with van der Waals surface area (Å²) in [6, 6.07) is 6.83. The van der Waals surface area contributed by atoms with E-state index in [0.29, 0.717) is 18.5 Å². The van der Waals surface area contributed by atoms with E-state index in [4.69, 9.17) is 5.11 Å². The summed E-state index contributed by atoms with van der Waals surface area (Å²) < 4.78 is 25.5. The van der Waals surface area contributed by atoms with E-state index in [-0.39, 0.29) is 30.7 Å². The van der Waals surface area contributed by atoms with Crippen molar-refractivity contribution in [1.82, 2.24) is 9.62 Å². The first-order valence-electron chi connectivity index (χ1n) is 8.91. The van der Waals surface area contributed by atoms with Gasteiger partial charge in [0.2, 0.25) is 10.0 Å². The van der Waals surface area contributed by atoms with Crippen molar-refractivity contribution in [3.05, 3.63) is 35.4 Å². The summed E-state index contributed by atoms with van der Waals surface area (Å²) in [4.78, 5) is 25.4. The fourth-order valence-corrected chi connectivity index (χ4v) is 3.68. The largest absolute Gasteiger partial charge is 0.481 e. The third kappa shape index (κ3) is 5.81. The Morgan fingerprint density at radius 1 is 1.23 bits per heavy atom. The van der Waals surface area contributed by atoms with Crippen LogP contribution in [0.2, 0.25) is 0 Å². The Labute approximate surface area is 154 Å². The van der Waals surface area contributed by atoms with Crippen LogP contribution < -0.4 is 4.72 Å². The average molecular weight is 382 g/mol. The summed E-state index contributed by atoms with van der Waals surface area (Å²) in [5, 5.41) is 8.89. The van der Waals surface area contributed by atoms with Crippen molar-refractivity contribution in [2.45, 2.75) is 51.6 Å². The van der Waals surface area contributed by atoms with Gasteiger partial charge in [0.25, 0.3) is 5.91 Å². The number of carboxylic acid groups (broad SMARTS) is 1. The molecule has 26 heavy (non-hydrogen) atoms. The number of hydrogen-bond donors (Lipinski definition) is 2. The van der Waals surface area contributed by atoms with Gasteiger partial charge in [0.05, 0.1) is 5.75 Å².